The first kappa shape index (κ1) is 17.4. The van der Waals surface area contributed by atoms with E-state index in [1.165, 1.54) is 18.2 Å². The lowest BCUT2D eigenvalue weighted by Crippen LogP contribution is -2.31. The van der Waals surface area contributed by atoms with Gasteiger partial charge < -0.3 is 4.74 Å². The summed E-state index contributed by atoms with van der Waals surface area (Å²) in [6.45, 7) is 0. The van der Waals surface area contributed by atoms with Crippen molar-refractivity contribution >= 4 is 33.2 Å². The van der Waals surface area contributed by atoms with E-state index in [1.54, 1.807) is 0 Å². The highest BCUT2D eigenvalue weighted by molar-refractivity contribution is 7.89. The first-order valence-electron chi connectivity index (χ1n) is 7.79. The van der Waals surface area contributed by atoms with Crippen LogP contribution in [0.25, 0.3) is 0 Å². The molecule has 1 heterocycles. The van der Waals surface area contributed by atoms with Crippen molar-refractivity contribution < 1.29 is 13.2 Å². The number of ether oxygens (including phenoxy) is 1. The maximum Gasteiger partial charge on any atom is 0.241 e. The average Bonchev–Trinajstić information content (AvgIpc) is 2.63. The van der Waals surface area contributed by atoms with E-state index >= 15 is 0 Å². The second-order valence-corrected chi connectivity index (χ2v) is 8.34. The molecule has 1 N–H and O–H groups in total. The first-order chi connectivity index (χ1) is 12.5. The topological polar surface area (TPSA) is 55.4 Å². The van der Waals surface area contributed by atoms with Crippen LogP contribution < -0.4 is 9.46 Å². The summed E-state index contributed by atoms with van der Waals surface area (Å²) in [5.41, 5.74) is 1.49. The van der Waals surface area contributed by atoms with Gasteiger partial charge in [0.15, 0.2) is 0 Å². The monoisotopic (exact) mass is 405 g/mol. The first-order valence-corrected chi connectivity index (χ1v) is 10.0. The maximum absolute atomic E-state index is 12.9. The van der Waals surface area contributed by atoms with Crippen molar-refractivity contribution in [3.05, 3.63) is 87.9 Å². The average molecular weight is 406 g/mol. The highest BCUT2D eigenvalue weighted by Gasteiger charge is 2.31. The molecule has 1 aliphatic rings. The van der Waals surface area contributed by atoms with Crippen molar-refractivity contribution in [1.82, 2.24) is 4.72 Å². The van der Waals surface area contributed by atoms with Crippen LogP contribution in [0.4, 0.5) is 0 Å². The lowest BCUT2D eigenvalue weighted by molar-refractivity contribution is 0.440. The van der Waals surface area contributed by atoms with Gasteiger partial charge >= 0.3 is 0 Å². The molecule has 132 valence electrons. The number of halogens is 2. The highest BCUT2D eigenvalue weighted by atomic mass is 35.5. The zero-order valence-corrected chi connectivity index (χ0v) is 15.6. The van der Waals surface area contributed by atoms with Crippen LogP contribution in [0, 0.1) is 0 Å². The molecule has 0 atom stereocenters. The Bertz CT molecular complexity index is 1050. The van der Waals surface area contributed by atoms with E-state index < -0.39 is 16.1 Å². The van der Waals surface area contributed by atoms with Gasteiger partial charge in [-0.3, -0.25) is 0 Å². The third kappa shape index (κ3) is 3.08. The Kier molecular flexibility index (Phi) is 4.40. The van der Waals surface area contributed by atoms with Crippen LogP contribution in [0.3, 0.4) is 0 Å². The fraction of sp³-hybridized carbons (Fsp3) is 0.0526. The third-order valence-corrected chi connectivity index (χ3v) is 6.31. The quantitative estimate of drug-likeness (QED) is 0.653. The SMILES string of the molecule is O=S(=O)(NC1c2ccccc2Oc2ccccc21)c1ccc(Cl)c(Cl)c1. The Morgan fingerprint density at radius 2 is 1.38 bits per heavy atom. The molecular weight excluding hydrogens is 393 g/mol. The van der Waals surface area contributed by atoms with Crippen molar-refractivity contribution in [3.8, 4) is 11.5 Å². The molecule has 0 fully saturated rings. The van der Waals surface area contributed by atoms with Crippen LogP contribution in [-0.2, 0) is 10.0 Å². The van der Waals surface area contributed by atoms with Crippen LogP contribution in [0.1, 0.15) is 17.2 Å². The summed E-state index contributed by atoms with van der Waals surface area (Å²) in [6.07, 6.45) is 0. The molecule has 26 heavy (non-hydrogen) atoms. The van der Waals surface area contributed by atoms with Crippen LogP contribution >= 0.6 is 23.2 Å². The standard InChI is InChI=1S/C19H13Cl2NO3S/c20-15-10-9-12(11-16(15)21)26(23,24)22-19-13-5-1-3-7-17(13)25-18-8-4-2-6-14(18)19/h1-11,19,22H. The molecule has 4 rings (SSSR count). The Morgan fingerprint density at radius 1 is 0.808 bits per heavy atom. The van der Waals surface area contributed by atoms with Gasteiger partial charge in [-0.15, -0.1) is 0 Å². The smallest absolute Gasteiger partial charge is 0.241 e. The minimum Gasteiger partial charge on any atom is -0.457 e. The van der Waals surface area contributed by atoms with Crippen LogP contribution in [0.5, 0.6) is 11.5 Å². The number of rotatable bonds is 3. The molecule has 0 spiro atoms. The molecule has 0 radical (unpaired) electrons. The summed E-state index contributed by atoms with van der Waals surface area (Å²) >= 11 is 11.9. The number of para-hydroxylation sites is 2. The van der Waals surface area contributed by atoms with Crippen molar-refractivity contribution in [2.45, 2.75) is 10.9 Å². The molecule has 0 aliphatic carbocycles. The fourth-order valence-electron chi connectivity index (χ4n) is 2.90. The molecule has 0 saturated heterocycles. The molecule has 3 aromatic rings. The van der Waals surface area contributed by atoms with E-state index in [0.717, 1.165) is 11.1 Å². The summed E-state index contributed by atoms with van der Waals surface area (Å²) in [4.78, 5) is 0.0494. The predicted molar refractivity (Wildman–Crippen MR) is 102 cm³/mol. The second-order valence-electron chi connectivity index (χ2n) is 5.81. The van der Waals surface area contributed by atoms with Gasteiger partial charge in [0.05, 0.1) is 21.0 Å². The van der Waals surface area contributed by atoms with E-state index in [4.69, 9.17) is 27.9 Å². The van der Waals surface area contributed by atoms with E-state index in [-0.39, 0.29) is 9.92 Å². The second kappa shape index (κ2) is 6.59. The van der Waals surface area contributed by atoms with Gasteiger partial charge in [-0.1, -0.05) is 59.6 Å². The van der Waals surface area contributed by atoms with Crippen molar-refractivity contribution in [1.29, 1.82) is 0 Å². The van der Waals surface area contributed by atoms with E-state index in [2.05, 4.69) is 4.72 Å². The molecule has 0 bridgehead atoms. The number of hydrogen-bond donors (Lipinski definition) is 1. The summed E-state index contributed by atoms with van der Waals surface area (Å²) < 4.78 is 34.5. The van der Waals surface area contributed by atoms with Gasteiger partial charge in [0.1, 0.15) is 11.5 Å². The largest absolute Gasteiger partial charge is 0.457 e. The fourth-order valence-corrected chi connectivity index (χ4v) is 4.49. The number of nitrogens with one attached hydrogen (secondary N) is 1. The van der Waals surface area contributed by atoms with Gasteiger partial charge in [-0.05, 0) is 30.3 Å². The summed E-state index contributed by atoms with van der Waals surface area (Å²) in [5.74, 6) is 1.24. The molecule has 0 amide bonds. The zero-order valence-electron chi connectivity index (χ0n) is 13.3. The number of hydrogen-bond acceptors (Lipinski definition) is 3. The van der Waals surface area contributed by atoms with Gasteiger partial charge in [0.25, 0.3) is 0 Å². The lowest BCUT2D eigenvalue weighted by Gasteiger charge is -2.28. The molecular formula is C19H13Cl2NO3S. The molecule has 0 unspecified atom stereocenters. The van der Waals surface area contributed by atoms with Crippen LogP contribution in [0.15, 0.2) is 71.6 Å². The minimum atomic E-state index is -3.83. The molecule has 0 saturated carbocycles. The highest BCUT2D eigenvalue weighted by Crippen LogP contribution is 2.43. The van der Waals surface area contributed by atoms with Crippen LogP contribution in [0.2, 0.25) is 10.0 Å². The number of benzene rings is 3. The van der Waals surface area contributed by atoms with Crippen LogP contribution in [-0.4, -0.2) is 8.42 Å². The predicted octanol–water partition coefficient (Wildman–Crippen LogP) is 5.17. The summed E-state index contributed by atoms with van der Waals surface area (Å²) in [7, 11) is -3.83. The van der Waals surface area contributed by atoms with Gasteiger partial charge in [0.2, 0.25) is 10.0 Å². The van der Waals surface area contributed by atoms with E-state index in [1.807, 2.05) is 48.5 Å². The lowest BCUT2D eigenvalue weighted by atomic mass is 9.95. The van der Waals surface area contributed by atoms with Gasteiger partial charge in [-0.25, -0.2) is 8.42 Å². The van der Waals surface area contributed by atoms with E-state index in [9.17, 15) is 8.42 Å². The molecule has 0 aromatic heterocycles. The molecule has 3 aromatic carbocycles. The Hall–Kier alpha value is -2.05. The molecule has 1 aliphatic heterocycles. The number of fused-ring (bicyclic) bond motifs is 2. The summed E-state index contributed by atoms with van der Waals surface area (Å²) in [6, 6.07) is 18.3. The zero-order chi connectivity index (χ0) is 18.3. The summed E-state index contributed by atoms with van der Waals surface area (Å²) in [5, 5.41) is 0.481. The van der Waals surface area contributed by atoms with Gasteiger partial charge in [-0.2, -0.15) is 4.72 Å². The minimum absolute atomic E-state index is 0.0494. The van der Waals surface area contributed by atoms with Crippen molar-refractivity contribution in [2.75, 3.05) is 0 Å². The Balaban J connectivity index is 1.79. The maximum atomic E-state index is 12.9. The number of sulfonamides is 1. The van der Waals surface area contributed by atoms with E-state index in [0.29, 0.717) is 16.5 Å². The molecule has 7 heteroatoms. The van der Waals surface area contributed by atoms with Gasteiger partial charge in [0, 0.05) is 11.1 Å². The normalized spacial score (nSPS) is 13.6. The Labute approximate surface area is 161 Å². The third-order valence-electron chi connectivity index (χ3n) is 4.15. The Morgan fingerprint density at radius 3 is 1.96 bits per heavy atom. The molecule has 4 nitrogen and oxygen atoms in total. The van der Waals surface area contributed by atoms with Crippen molar-refractivity contribution in [2.24, 2.45) is 0 Å². The van der Waals surface area contributed by atoms with Crippen molar-refractivity contribution in [3.63, 3.8) is 0 Å².